The summed E-state index contributed by atoms with van der Waals surface area (Å²) in [6, 6.07) is 4.50. The van der Waals surface area contributed by atoms with Crippen molar-refractivity contribution in [3.63, 3.8) is 0 Å². The van der Waals surface area contributed by atoms with Crippen LogP contribution in [0.5, 0.6) is 0 Å². The maximum Gasteiger partial charge on any atom is 0.151 e. The zero-order valence-corrected chi connectivity index (χ0v) is 11.1. The third-order valence-electron chi connectivity index (χ3n) is 3.61. The Bertz CT molecular complexity index is 334. The van der Waals surface area contributed by atoms with Crippen molar-refractivity contribution in [3.8, 4) is 0 Å². The minimum atomic E-state index is 0.541. The predicted octanol–water partition coefficient (Wildman–Crippen LogP) is 0.726. The summed E-state index contributed by atoms with van der Waals surface area (Å²) >= 11 is 0. The van der Waals surface area contributed by atoms with Crippen molar-refractivity contribution < 1.29 is 0 Å². The molecule has 1 aromatic heterocycles. The van der Waals surface area contributed by atoms with Crippen LogP contribution in [-0.4, -0.2) is 53.9 Å². The molecule has 2 rings (SSSR count). The molecule has 0 amide bonds. The second-order valence-corrected chi connectivity index (χ2v) is 4.78. The predicted molar refractivity (Wildman–Crippen MR) is 73.6 cm³/mol. The number of rotatable bonds is 5. The van der Waals surface area contributed by atoms with E-state index in [1.54, 1.807) is 6.20 Å². The first kappa shape index (κ1) is 13.2. The van der Waals surface area contributed by atoms with Gasteiger partial charge < -0.3 is 10.6 Å². The van der Waals surface area contributed by atoms with Gasteiger partial charge in [-0.15, -0.1) is 5.10 Å². The number of nitrogens with two attached hydrogens (primary N) is 1. The second kappa shape index (κ2) is 6.66. The Morgan fingerprint density at radius 1 is 1.33 bits per heavy atom. The van der Waals surface area contributed by atoms with Gasteiger partial charge in [0.25, 0.3) is 0 Å². The third-order valence-corrected chi connectivity index (χ3v) is 3.61. The Balaban J connectivity index is 1.88. The van der Waals surface area contributed by atoms with Crippen molar-refractivity contribution in [1.29, 1.82) is 0 Å². The number of nitrogens with zero attached hydrogens (tertiary/aromatic N) is 4. The van der Waals surface area contributed by atoms with Crippen LogP contribution in [0.4, 0.5) is 5.82 Å². The molecule has 0 radical (unpaired) electrons. The number of anilines is 1. The minimum Gasteiger partial charge on any atom is -0.353 e. The van der Waals surface area contributed by atoms with E-state index < -0.39 is 0 Å². The van der Waals surface area contributed by atoms with Crippen molar-refractivity contribution in [2.24, 2.45) is 5.73 Å². The van der Waals surface area contributed by atoms with Crippen molar-refractivity contribution in [3.05, 3.63) is 18.3 Å². The van der Waals surface area contributed by atoms with E-state index in [9.17, 15) is 0 Å². The Morgan fingerprint density at radius 3 is 2.67 bits per heavy atom. The first-order valence-corrected chi connectivity index (χ1v) is 6.82. The fraction of sp³-hybridized carbons (Fsp3) is 0.692. The van der Waals surface area contributed by atoms with Gasteiger partial charge in [0, 0.05) is 45.0 Å². The molecule has 5 heteroatoms. The summed E-state index contributed by atoms with van der Waals surface area (Å²) < 4.78 is 0. The topological polar surface area (TPSA) is 58.3 Å². The molecule has 1 aliphatic heterocycles. The maximum atomic E-state index is 5.86. The third kappa shape index (κ3) is 3.17. The van der Waals surface area contributed by atoms with Gasteiger partial charge in [-0.05, 0) is 18.6 Å². The molecule has 1 unspecified atom stereocenters. The summed E-state index contributed by atoms with van der Waals surface area (Å²) in [5, 5.41) is 8.10. The first-order chi connectivity index (χ1) is 8.85. The van der Waals surface area contributed by atoms with E-state index >= 15 is 0 Å². The normalized spacial score (nSPS) is 18.9. The van der Waals surface area contributed by atoms with Crippen molar-refractivity contribution in [2.75, 3.05) is 37.6 Å². The Labute approximate surface area is 109 Å². The van der Waals surface area contributed by atoms with Gasteiger partial charge >= 0.3 is 0 Å². The molecule has 2 N–H and O–H groups in total. The molecule has 1 aliphatic rings. The zero-order chi connectivity index (χ0) is 12.8. The summed E-state index contributed by atoms with van der Waals surface area (Å²) in [4.78, 5) is 4.80. The zero-order valence-electron chi connectivity index (χ0n) is 11.1. The molecule has 18 heavy (non-hydrogen) atoms. The number of aromatic nitrogens is 2. The van der Waals surface area contributed by atoms with Gasteiger partial charge in [0.05, 0.1) is 0 Å². The van der Waals surface area contributed by atoms with Crippen molar-refractivity contribution in [2.45, 2.75) is 25.8 Å². The average Bonchev–Trinajstić information content (AvgIpc) is 2.46. The highest BCUT2D eigenvalue weighted by molar-refractivity contribution is 5.36. The summed E-state index contributed by atoms with van der Waals surface area (Å²) in [7, 11) is 0. The summed E-state index contributed by atoms with van der Waals surface area (Å²) in [6.07, 6.45) is 4.11. The van der Waals surface area contributed by atoms with Crippen LogP contribution in [0.1, 0.15) is 19.8 Å². The van der Waals surface area contributed by atoms with Crippen LogP contribution in [-0.2, 0) is 0 Å². The van der Waals surface area contributed by atoms with Crippen LogP contribution in [0.3, 0.4) is 0 Å². The van der Waals surface area contributed by atoms with Gasteiger partial charge in [0.15, 0.2) is 5.82 Å². The standard InChI is InChI=1S/C13H23N5/c1-2-4-12(11-14)17-7-9-18(10-8-17)13-5-3-6-15-16-13/h3,5-6,12H,2,4,7-11,14H2,1H3. The smallest absolute Gasteiger partial charge is 0.151 e. The molecule has 0 bridgehead atoms. The minimum absolute atomic E-state index is 0.541. The Kier molecular flexibility index (Phi) is 4.90. The lowest BCUT2D eigenvalue weighted by Gasteiger charge is -2.39. The molecule has 1 atom stereocenters. The quantitative estimate of drug-likeness (QED) is 0.833. The molecular formula is C13H23N5. The van der Waals surface area contributed by atoms with Gasteiger partial charge in [0.2, 0.25) is 0 Å². The number of hydrogen-bond acceptors (Lipinski definition) is 5. The van der Waals surface area contributed by atoms with Gasteiger partial charge in [-0.1, -0.05) is 13.3 Å². The lowest BCUT2D eigenvalue weighted by Crippen LogP contribution is -2.52. The van der Waals surface area contributed by atoms with Gasteiger partial charge in [-0.25, -0.2) is 0 Å². The second-order valence-electron chi connectivity index (χ2n) is 4.78. The molecule has 0 aromatic carbocycles. The van der Waals surface area contributed by atoms with Crippen LogP contribution in [0.2, 0.25) is 0 Å². The average molecular weight is 249 g/mol. The monoisotopic (exact) mass is 249 g/mol. The maximum absolute atomic E-state index is 5.86. The van der Waals surface area contributed by atoms with E-state index in [1.807, 2.05) is 12.1 Å². The molecule has 5 nitrogen and oxygen atoms in total. The lowest BCUT2D eigenvalue weighted by atomic mass is 10.1. The fourth-order valence-corrected chi connectivity index (χ4v) is 2.56. The van der Waals surface area contributed by atoms with Gasteiger partial charge in [-0.2, -0.15) is 5.10 Å². The van der Waals surface area contributed by atoms with E-state index in [0.29, 0.717) is 6.04 Å². The van der Waals surface area contributed by atoms with Crippen LogP contribution in [0.25, 0.3) is 0 Å². The van der Waals surface area contributed by atoms with Crippen LogP contribution in [0, 0.1) is 0 Å². The van der Waals surface area contributed by atoms with E-state index in [4.69, 9.17) is 5.73 Å². The first-order valence-electron chi connectivity index (χ1n) is 6.82. The molecule has 0 saturated carbocycles. The highest BCUT2D eigenvalue weighted by Gasteiger charge is 2.22. The molecule has 2 heterocycles. The summed E-state index contributed by atoms with van der Waals surface area (Å²) in [6.45, 7) is 7.14. The molecule has 100 valence electrons. The van der Waals surface area contributed by atoms with Crippen molar-refractivity contribution >= 4 is 5.82 Å². The van der Waals surface area contributed by atoms with E-state index in [0.717, 1.165) is 38.5 Å². The number of piperazine rings is 1. The summed E-state index contributed by atoms with van der Waals surface area (Å²) in [5.41, 5.74) is 5.86. The molecule has 0 spiro atoms. The van der Waals surface area contributed by atoms with E-state index in [-0.39, 0.29) is 0 Å². The lowest BCUT2D eigenvalue weighted by molar-refractivity contribution is 0.179. The molecule has 1 fully saturated rings. The Hall–Kier alpha value is -1.20. The highest BCUT2D eigenvalue weighted by Crippen LogP contribution is 2.14. The van der Waals surface area contributed by atoms with Crippen LogP contribution >= 0.6 is 0 Å². The van der Waals surface area contributed by atoms with Crippen LogP contribution < -0.4 is 10.6 Å². The molecule has 1 aromatic rings. The molecule has 0 aliphatic carbocycles. The van der Waals surface area contributed by atoms with E-state index in [2.05, 4.69) is 26.9 Å². The highest BCUT2D eigenvalue weighted by atomic mass is 15.3. The number of hydrogen-bond donors (Lipinski definition) is 1. The fourth-order valence-electron chi connectivity index (χ4n) is 2.56. The Morgan fingerprint density at radius 2 is 2.11 bits per heavy atom. The van der Waals surface area contributed by atoms with Crippen LogP contribution in [0.15, 0.2) is 18.3 Å². The van der Waals surface area contributed by atoms with E-state index in [1.165, 1.54) is 12.8 Å². The van der Waals surface area contributed by atoms with Gasteiger partial charge in [-0.3, -0.25) is 4.90 Å². The SMILES string of the molecule is CCCC(CN)N1CCN(c2cccnn2)CC1. The van der Waals surface area contributed by atoms with Gasteiger partial charge in [0.1, 0.15) is 0 Å². The largest absolute Gasteiger partial charge is 0.353 e. The summed E-state index contributed by atoms with van der Waals surface area (Å²) in [5.74, 6) is 0.983. The molecule has 1 saturated heterocycles. The molecular weight excluding hydrogens is 226 g/mol. The van der Waals surface area contributed by atoms with Crippen molar-refractivity contribution in [1.82, 2.24) is 15.1 Å².